The van der Waals surface area contributed by atoms with Crippen molar-refractivity contribution in [2.75, 3.05) is 5.32 Å². The van der Waals surface area contributed by atoms with Crippen LogP contribution in [0.25, 0.3) is 21.8 Å². The molecule has 5 aromatic rings. The number of hydrogen-bond acceptors (Lipinski definition) is 4. The third-order valence-electron chi connectivity index (χ3n) is 5.15. The normalized spacial score (nSPS) is 10.9. The molecular weight excluding hydrogens is 402 g/mol. The first-order valence-corrected chi connectivity index (χ1v) is 10.1. The summed E-state index contributed by atoms with van der Waals surface area (Å²) in [5.74, 6) is -0.367. The molecule has 32 heavy (non-hydrogen) atoms. The van der Waals surface area contributed by atoms with Crippen molar-refractivity contribution in [1.82, 2.24) is 20.3 Å². The maximum Gasteiger partial charge on any atom is 0.276 e. The van der Waals surface area contributed by atoms with Crippen LogP contribution in [0.5, 0.6) is 0 Å². The fraction of sp³-hybridized carbons (Fsp3) is 0.0400. The van der Waals surface area contributed by atoms with Gasteiger partial charge in [-0.1, -0.05) is 60.7 Å². The first-order valence-electron chi connectivity index (χ1n) is 10.1. The lowest BCUT2D eigenvalue weighted by Gasteiger charge is -2.05. The summed E-state index contributed by atoms with van der Waals surface area (Å²) >= 11 is 0. The van der Waals surface area contributed by atoms with Crippen LogP contribution in [0.15, 0.2) is 85.1 Å². The minimum Gasteiger partial charge on any atom is -0.348 e. The maximum atomic E-state index is 12.7. The van der Waals surface area contributed by atoms with Crippen molar-refractivity contribution in [3.63, 3.8) is 0 Å². The summed E-state index contributed by atoms with van der Waals surface area (Å²) in [6.07, 6.45) is 1.66. The molecule has 0 aliphatic rings. The van der Waals surface area contributed by atoms with Crippen molar-refractivity contribution in [3.05, 3.63) is 102 Å². The summed E-state index contributed by atoms with van der Waals surface area (Å²) in [4.78, 5) is 37.2. The third-order valence-corrected chi connectivity index (χ3v) is 5.15. The Bertz CT molecular complexity index is 1440. The number of amides is 2. The summed E-state index contributed by atoms with van der Waals surface area (Å²) in [6, 6.07) is 24.4. The molecule has 0 saturated carbocycles. The Morgan fingerprint density at radius 2 is 1.62 bits per heavy atom. The lowest BCUT2D eigenvalue weighted by Crippen LogP contribution is -2.23. The van der Waals surface area contributed by atoms with Crippen LogP contribution in [-0.4, -0.2) is 26.8 Å². The Hall–Kier alpha value is -4.52. The van der Waals surface area contributed by atoms with E-state index in [0.717, 1.165) is 16.3 Å². The van der Waals surface area contributed by atoms with E-state index in [9.17, 15) is 9.59 Å². The van der Waals surface area contributed by atoms with Crippen molar-refractivity contribution in [1.29, 1.82) is 0 Å². The zero-order valence-corrected chi connectivity index (χ0v) is 17.0. The molecule has 0 unspecified atom stereocenters. The lowest BCUT2D eigenvalue weighted by atomic mass is 10.1. The first-order chi connectivity index (χ1) is 15.7. The second kappa shape index (κ2) is 8.31. The Labute approximate surface area is 183 Å². The van der Waals surface area contributed by atoms with E-state index in [1.807, 2.05) is 54.6 Å². The zero-order valence-electron chi connectivity index (χ0n) is 17.0. The number of pyridine rings is 1. The van der Waals surface area contributed by atoms with E-state index < -0.39 is 0 Å². The number of H-pyrrole nitrogens is 1. The number of aromatic amines is 1. The molecule has 5 rings (SSSR count). The first kappa shape index (κ1) is 19.4. The van der Waals surface area contributed by atoms with Crippen LogP contribution in [0.3, 0.4) is 0 Å². The Morgan fingerprint density at radius 1 is 0.844 bits per heavy atom. The summed E-state index contributed by atoms with van der Waals surface area (Å²) in [7, 11) is 0. The van der Waals surface area contributed by atoms with E-state index in [2.05, 4.69) is 25.6 Å². The number of carbonyl (C=O) groups excluding carboxylic acids is 2. The van der Waals surface area contributed by atoms with Crippen molar-refractivity contribution < 1.29 is 9.59 Å². The molecule has 2 aromatic heterocycles. The monoisotopic (exact) mass is 421 g/mol. The topological polar surface area (TPSA) is 99.8 Å². The molecule has 0 aliphatic heterocycles. The zero-order chi connectivity index (χ0) is 21.9. The van der Waals surface area contributed by atoms with Gasteiger partial charge in [-0.3, -0.25) is 19.9 Å². The van der Waals surface area contributed by atoms with Crippen molar-refractivity contribution in [2.45, 2.75) is 6.54 Å². The van der Waals surface area contributed by atoms with Gasteiger partial charge in [-0.05, 0) is 29.1 Å². The quantitative estimate of drug-likeness (QED) is 0.394. The van der Waals surface area contributed by atoms with E-state index in [1.54, 1.807) is 30.5 Å². The van der Waals surface area contributed by atoms with Crippen molar-refractivity contribution in [3.8, 4) is 0 Å². The molecule has 0 bridgehead atoms. The lowest BCUT2D eigenvalue weighted by molar-refractivity contribution is 0.0951. The molecule has 7 heteroatoms. The van der Waals surface area contributed by atoms with Gasteiger partial charge >= 0.3 is 0 Å². The molecule has 2 amide bonds. The van der Waals surface area contributed by atoms with Gasteiger partial charge < -0.3 is 10.3 Å². The summed E-state index contributed by atoms with van der Waals surface area (Å²) in [5, 5.41) is 7.53. The summed E-state index contributed by atoms with van der Waals surface area (Å²) in [5.41, 5.74) is 2.86. The molecule has 0 radical (unpaired) electrons. The van der Waals surface area contributed by atoms with Crippen LogP contribution in [0.4, 0.5) is 5.95 Å². The highest BCUT2D eigenvalue weighted by Crippen LogP contribution is 2.20. The van der Waals surface area contributed by atoms with Crippen LogP contribution in [0.1, 0.15) is 26.4 Å². The molecule has 3 N–H and O–H groups in total. The number of para-hydroxylation sites is 1. The predicted octanol–water partition coefficient (Wildman–Crippen LogP) is 4.29. The predicted molar refractivity (Wildman–Crippen MR) is 123 cm³/mol. The van der Waals surface area contributed by atoms with Crippen LogP contribution in [0.2, 0.25) is 0 Å². The Kier molecular flexibility index (Phi) is 5.05. The number of benzene rings is 3. The Morgan fingerprint density at radius 3 is 2.47 bits per heavy atom. The van der Waals surface area contributed by atoms with E-state index in [-0.39, 0.29) is 23.5 Å². The van der Waals surface area contributed by atoms with Crippen molar-refractivity contribution in [2.24, 2.45) is 0 Å². The van der Waals surface area contributed by atoms with Gasteiger partial charge in [0.15, 0.2) is 0 Å². The van der Waals surface area contributed by atoms with E-state index >= 15 is 0 Å². The number of nitrogens with one attached hydrogen (secondary N) is 3. The highest BCUT2D eigenvalue weighted by molar-refractivity contribution is 6.07. The number of aromatic nitrogens is 3. The molecule has 0 fully saturated rings. The van der Waals surface area contributed by atoms with Gasteiger partial charge in [0.05, 0.1) is 11.1 Å². The number of imidazole rings is 1. The highest BCUT2D eigenvalue weighted by atomic mass is 16.2. The van der Waals surface area contributed by atoms with Crippen molar-refractivity contribution >= 4 is 39.6 Å². The number of carbonyl (C=O) groups is 2. The molecule has 0 atom stereocenters. The molecule has 2 heterocycles. The van der Waals surface area contributed by atoms with Gasteiger partial charge in [0.1, 0.15) is 11.2 Å². The molecule has 3 aromatic carbocycles. The Balaban J connectivity index is 1.36. The largest absolute Gasteiger partial charge is 0.348 e. The fourth-order valence-corrected chi connectivity index (χ4v) is 3.53. The van der Waals surface area contributed by atoms with E-state index in [4.69, 9.17) is 0 Å². The van der Waals surface area contributed by atoms with Crippen LogP contribution < -0.4 is 10.6 Å². The summed E-state index contributed by atoms with van der Waals surface area (Å²) in [6.45, 7) is 0.414. The van der Waals surface area contributed by atoms with Gasteiger partial charge in [-0.25, -0.2) is 4.98 Å². The number of rotatable bonds is 5. The van der Waals surface area contributed by atoms with Crippen LogP contribution >= 0.6 is 0 Å². The molecule has 0 saturated heterocycles. The molecule has 0 aliphatic carbocycles. The van der Waals surface area contributed by atoms with Gasteiger partial charge in [0, 0.05) is 18.1 Å². The standard InChI is InChI=1S/C25H19N5O2/c31-23(27-14-16-7-2-1-3-8-16)19-11-6-12-20-22(19)29-25(28-20)30-24(32)21-13-17-9-4-5-10-18(17)15-26-21/h1-13,15H,14H2,(H,27,31)(H2,28,29,30,32). The number of hydrogen-bond donors (Lipinski definition) is 3. The second-order valence-corrected chi connectivity index (χ2v) is 7.33. The molecule has 0 spiro atoms. The van der Waals surface area contributed by atoms with Gasteiger partial charge in [-0.2, -0.15) is 0 Å². The minimum absolute atomic E-state index is 0.236. The SMILES string of the molecule is O=C(Nc1nc2c(C(=O)NCc3ccccc3)cccc2[nH]1)c1cc2ccccc2cn1. The molecule has 7 nitrogen and oxygen atoms in total. The summed E-state index contributed by atoms with van der Waals surface area (Å²) < 4.78 is 0. The van der Waals surface area contributed by atoms with Crippen LogP contribution in [0, 0.1) is 0 Å². The van der Waals surface area contributed by atoms with Gasteiger partial charge in [0.2, 0.25) is 5.95 Å². The molecule has 156 valence electrons. The average molecular weight is 421 g/mol. The highest BCUT2D eigenvalue weighted by Gasteiger charge is 2.16. The second-order valence-electron chi connectivity index (χ2n) is 7.33. The average Bonchev–Trinajstić information content (AvgIpc) is 3.25. The molecular formula is C25H19N5O2. The van der Waals surface area contributed by atoms with E-state index in [0.29, 0.717) is 23.1 Å². The fourth-order valence-electron chi connectivity index (χ4n) is 3.53. The van der Waals surface area contributed by atoms with Gasteiger partial charge in [0.25, 0.3) is 11.8 Å². The number of anilines is 1. The maximum absolute atomic E-state index is 12.7. The van der Waals surface area contributed by atoms with Gasteiger partial charge in [-0.15, -0.1) is 0 Å². The van der Waals surface area contributed by atoms with Crippen LogP contribution in [-0.2, 0) is 6.54 Å². The number of fused-ring (bicyclic) bond motifs is 2. The van der Waals surface area contributed by atoms with E-state index in [1.165, 1.54) is 0 Å². The smallest absolute Gasteiger partial charge is 0.276 e. The number of nitrogens with zero attached hydrogens (tertiary/aromatic N) is 2. The minimum atomic E-state index is -0.384. The third kappa shape index (κ3) is 3.91.